The van der Waals surface area contributed by atoms with Crippen LogP contribution in [-0.2, 0) is 4.79 Å². The van der Waals surface area contributed by atoms with Gasteiger partial charge in [-0.15, -0.1) is 0 Å². The molecule has 148 valence electrons. The summed E-state index contributed by atoms with van der Waals surface area (Å²) < 4.78 is 5.33. The lowest BCUT2D eigenvalue weighted by molar-refractivity contribution is -0.118. The van der Waals surface area contributed by atoms with Gasteiger partial charge in [-0.1, -0.05) is 55.0 Å². The van der Waals surface area contributed by atoms with E-state index in [0.717, 1.165) is 17.5 Å². The molecule has 2 aromatic carbocycles. The SMILES string of the molecule is CCC(NC(=O)/C(=C/c1ccco1)NC(=O)c1ccc(C)cc1)c1ccccc1. The Kier molecular flexibility index (Phi) is 6.63. The van der Waals surface area contributed by atoms with Gasteiger partial charge in [-0.25, -0.2) is 0 Å². The van der Waals surface area contributed by atoms with E-state index < -0.39 is 0 Å². The molecule has 0 saturated heterocycles. The summed E-state index contributed by atoms with van der Waals surface area (Å²) in [6, 6.07) is 20.2. The third kappa shape index (κ3) is 5.45. The maximum Gasteiger partial charge on any atom is 0.268 e. The van der Waals surface area contributed by atoms with Crippen LogP contribution in [0.5, 0.6) is 0 Å². The Hall–Kier alpha value is -3.60. The van der Waals surface area contributed by atoms with E-state index in [1.807, 2.05) is 56.3 Å². The molecule has 3 rings (SSSR count). The van der Waals surface area contributed by atoms with E-state index in [-0.39, 0.29) is 23.6 Å². The first-order valence-electron chi connectivity index (χ1n) is 9.56. The van der Waals surface area contributed by atoms with Crippen molar-refractivity contribution >= 4 is 17.9 Å². The van der Waals surface area contributed by atoms with Crippen molar-refractivity contribution in [3.05, 3.63) is 101 Å². The topological polar surface area (TPSA) is 71.3 Å². The number of hydrogen-bond donors (Lipinski definition) is 2. The minimum Gasteiger partial charge on any atom is -0.465 e. The second-order valence-corrected chi connectivity index (χ2v) is 6.74. The van der Waals surface area contributed by atoms with E-state index in [2.05, 4.69) is 10.6 Å². The van der Waals surface area contributed by atoms with Crippen molar-refractivity contribution < 1.29 is 14.0 Å². The first-order chi connectivity index (χ1) is 14.1. The van der Waals surface area contributed by atoms with Crippen molar-refractivity contribution in [1.29, 1.82) is 0 Å². The highest BCUT2D eigenvalue weighted by Gasteiger charge is 2.19. The first-order valence-corrected chi connectivity index (χ1v) is 9.56. The van der Waals surface area contributed by atoms with E-state index >= 15 is 0 Å². The molecule has 0 bridgehead atoms. The molecule has 1 atom stereocenters. The van der Waals surface area contributed by atoms with E-state index in [1.54, 1.807) is 24.3 Å². The molecule has 0 aliphatic heterocycles. The maximum atomic E-state index is 13.0. The van der Waals surface area contributed by atoms with Crippen LogP contribution in [0.2, 0.25) is 0 Å². The molecule has 0 saturated carbocycles. The van der Waals surface area contributed by atoms with E-state index in [4.69, 9.17) is 4.42 Å². The second-order valence-electron chi connectivity index (χ2n) is 6.74. The van der Waals surface area contributed by atoms with Crippen molar-refractivity contribution in [3.63, 3.8) is 0 Å². The smallest absolute Gasteiger partial charge is 0.268 e. The first kappa shape index (κ1) is 20.1. The number of carbonyl (C=O) groups excluding carboxylic acids is 2. The summed E-state index contributed by atoms with van der Waals surface area (Å²) in [7, 11) is 0. The van der Waals surface area contributed by atoms with Gasteiger partial charge < -0.3 is 15.1 Å². The number of nitrogens with one attached hydrogen (secondary N) is 2. The van der Waals surface area contributed by atoms with Crippen molar-refractivity contribution in [2.45, 2.75) is 26.3 Å². The number of hydrogen-bond acceptors (Lipinski definition) is 3. The van der Waals surface area contributed by atoms with Gasteiger partial charge in [-0.05, 0) is 43.2 Å². The average Bonchev–Trinajstić information content (AvgIpc) is 3.25. The molecule has 0 aliphatic carbocycles. The molecule has 0 spiro atoms. The van der Waals surface area contributed by atoms with E-state index in [0.29, 0.717) is 11.3 Å². The monoisotopic (exact) mass is 388 g/mol. The highest BCUT2D eigenvalue weighted by atomic mass is 16.3. The highest BCUT2D eigenvalue weighted by molar-refractivity contribution is 6.05. The van der Waals surface area contributed by atoms with Crippen molar-refractivity contribution in [3.8, 4) is 0 Å². The predicted molar refractivity (Wildman–Crippen MR) is 113 cm³/mol. The predicted octanol–water partition coefficient (Wildman–Crippen LogP) is 4.63. The Morgan fingerprint density at radius 3 is 2.34 bits per heavy atom. The van der Waals surface area contributed by atoms with Crippen LogP contribution in [0, 0.1) is 6.92 Å². The van der Waals surface area contributed by atoms with Gasteiger partial charge in [0.2, 0.25) is 0 Å². The molecule has 5 heteroatoms. The lowest BCUT2D eigenvalue weighted by atomic mass is 10.0. The Morgan fingerprint density at radius 2 is 1.72 bits per heavy atom. The van der Waals surface area contributed by atoms with Crippen molar-refractivity contribution in [1.82, 2.24) is 10.6 Å². The molecule has 2 amide bonds. The molecule has 0 aliphatic rings. The fourth-order valence-corrected chi connectivity index (χ4v) is 2.92. The Morgan fingerprint density at radius 1 is 1.00 bits per heavy atom. The molecule has 0 fully saturated rings. The van der Waals surface area contributed by atoms with Gasteiger partial charge in [0.1, 0.15) is 11.5 Å². The molecule has 1 unspecified atom stereocenters. The normalized spacial score (nSPS) is 12.3. The Bertz CT molecular complexity index is 975. The molecule has 0 radical (unpaired) electrons. The third-order valence-corrected chi connectivity index (χ3v) is 4.55. The maximum absolute atomic E-state index is 13.0. The largest absolute Gasteiger partial charge is 0.465 e. The Labute approximate surface area is 170 Å². The number of aryl methyl sites for hydroxylation is 1. The van der Waals surface area contributed by atoms with Crippen molar-refractivity contribution in [2.75, 3.05) is 0 Å². The number of amides is 2. The minimum atomic E-state index is -0.377. The zero-order valence-electron chi connectivity index (χ0n) is 16.5. The number of carbonyl (C=O) groups is 2. The quantitative estimate of drug-likeness (QED) is 0.580. The molecule has 29 heavy (non-hydrogen) atoms. The van der Waals surface area contributed by atoms with Crippen LogP contribution in [0.1, 0.15) is 46.6 Å². The van der Waals surface area contributed by atoms with Gasteiger partial charge in [0.05, 0.1) is 12.3 Å². The van der Waals surface area contributed by atoms with Gasteiger partial charge in [-0.2, -0.15) is 0 Å². The molecule has 3 aromatic rings. The van der Waals surface area contributed by atoms with Crippen molar-refractivity contribution in [2.24, 2.45) is 0 Å². The molecular weight excluding hydrogens is 364 g/mol. The molecule has 1 aromatic heterocycles. The lowest BCUT2D eigenvalue weighted by Gasteiger charge is -2.19. The molecular formula is C24H24N2O3. The van der Waals surface area contributed by atoms with Crippen LogP contribution in [0.25, 0.3) is 6.08 Å². The molecule has 1 heterocycles. The van der Waals surface area contributed by atoms with Gasteiger partial charge in [0.15, 0.2) is 0 Å². The summed E-state index contributed by atoms with van der Waals surface area (Å²) in [4.78, 5) is 25.7. The minimum absolute atomic E-state index is 0.125. The summed E-state index contributed by atoms with van der Waals surface area (Å²) >= 11 is 0. The number of rotatable bonds is 7. The Balaban J connectivity index is 1.82. The lowest BCUT2D eigenvalue weighted by Crippen LogP contribution is -2.36. The van der Waals surface area contributed by atoms with Gasteiger partial charge in [-0.3, -0.25) is 9.59 Å². The highest BCUT2D eigenvalue weighted by Crippen LogP contribution is 2.17. The van der Waals surface area contributed by atoms with Crippen LogP contribution in [-0.4, -0.2) is 11.8 Å². The van der Waals surface area contributed by atoms with Crippen LogP contribution in [0.4, 0.5) is 0 Å². The second kappa shape index (κ2) is 9.55. The number of benzene rings is 2. The summed E-state index contributed by atoms with van der Waals surface area (Å²) in [5, 5.41) is 5.72. The van der Waals surface area contributed by atoms with Crippen LogP contribution >= 0.6 is 0 Å². The molecule has 2 N–H and O–H groups in total. The fourth-order valence-electron chi connectivity index (χ4n) is 2.92. The fraction of sp³-hybridized carbons (Fsp3) is 0.167. The zero-order valence-corrected chi connectivity index (χ0v) is 16.5. The summed E-state index contributed by atoms with van der Waals surface area (Å²) in [5.41, 5.74) is 2.66. The van der Waals surface area contributed by atoms with Crippen LogP contribution < -0.4 is 10.6 Å². The van der Waals surface area contributed by atoms with Gasteiger partial charge >= 0.3 is 0 Å². The molecule has 5 nitrogen and oxygen atoms in total. The summed E-state index contributed by atoms with van der Waals surface area (Å²) in [5.74, 6) is -0.254. The van der Waals surface area contributed by atoms with Gasteiger partial charge in [0.25, 0.3) is 11.8 Å². The summed E-state index contributed by atoms with van der Waals surface area (Å²) in [6.07, 6.45) is 3.76. The zero-order chi connectivity index (χ0) is 20.6. The van der Waals surface area contributed by atoms with Crippen LogP contribution in [0.15, 0.2) is 83.1 Å². The summed E-state index contributed by atoms with van der Waals surface area (Å²) in [6.45, 7) is 3.95. The number of furan rings is 1. The third-order valence-electron chi connectivity index (χ3n) is 4.55. The van der Waals surface area contributed by atoms with E-state index in [1.165, 1.54) is 12.3 Å². The standard InChI is InChI=1S/C24H24N2O3/c1-3-21(18-8-5-4-6-9-18)25-24(28)22(16-20-10-7-15-29-20)26-23(27)19-13-11-17(2)12-14-19/h4-16,21H,3H2,1-2H3,(H,25,28)(H,26,27)/b22-16-. The van der Waals surface area contributed by atoms with E-state index in [9.17, 15) is 9.59 Å². The van der Waals surface area contributed by atoms with Gasteiger partial charge in [0, 0.05) is 11.6 Å². The average molecular weight is 388 g/mol. The van der Waals surface area contributed by atoms with Crippen LogP contribution in [0.3, 0.4) is 0 Å².